The molecule has 12 rings (SSSR count). The van der Waals surface area contributed by atoms with E-state index in [1.54, 1.807) is 0 Å². The highest BCUT2D eigenvalue weighted by Gasteiger charge is 2.24. The molecule has 0 spiro atoms. The third kappa shape index (κ3) is 16.6. The van der Waals surface area contributed by atoms with Crippen molar-refractivity contribution < 1.29 is 0 Å². The summed E-state index contributed by atoms with van der Waals surface area (Å²) in [6.07, 6.45) is 13.7. The average Bonchev–Trinajstić information content (AvgIpc) is 3.10. The smallest absolute Gasteiger partial charge is 0.0954 e. The van der Waals surface area contributed by atoms with E-state index < -0.39 is 0 Å². The van der Waals surface area contributed by atoms with Crippen LogP contribution in [0.1, 0.15) is 136 Å². The highest BCUT2D eigenvalue weighted by atomic mass is 15.1. The van der Waals surface area contributed by atoms with Crippen molar-refractivity contribution in [3.63, 3.8) is 0 Å². The lowest BCUT2D eigenvalue weighted by Gasteiger charge is -2.23. The van der Waals surface area contributed by atoms with Gasteiger partial charge in [0.25, 0.3) is 0 Å². The number of allylic oxidation sites excluding steroid dienone is 2. The molecule has 0 unspecified atom stereocenters. The number of aromatic nitrogens is 6. The quantitative estimate of drug-likeness (QED) is 0.0811. The summed E-state index contributed by atoms with van der Waals surface area (Å²) in [4.78, 5) is 13.3. The lowest BCUT2D eigenvalue weighted by Crippen LogP contribution is -2.09. The molecule has 0 saturated heterocycles. The van der Waals surface area contributed by atoms with Gasteiger partial charge in [0.2, 0.25) is 0 Å². The third-order valence-electron chi connectivity index (χ3n) is 16.7. The van der Waals surface area contributed by atoms with Gasteiger partial charge in [-0.3, -0.25) is 0 Å². The fourth-order valence-corrected chi connectivity index (χ4v) is 12.4. The van der Waals surface area contributed by atoms with E-state index in [2.05, 4.69) is 310 Å². The van der Waals surface area contributed by atoms with Crippen molar-refractivity contribution in [1.82, 2.24) is 28.7 Å². The van der Waals surface area contributed by atoms with Gasteiger partial charge in [-0.15, -0.1) is 0 Å². The second-order valence-electron chi connectivity index (χ2n) is 24.3. The number of rotatable bonds is 19. The minimum Gasteiger partial charge on any atom is -0.330 e. The largest absolute Gasteiger partial charge is 0.330 e. The van der Waals surface area contributed by atoms with Crippen molar-refractivity contribution in [1.29, 1.82) is 0 Å². The van der Waals surface area contributed by atoms with Crippen LogP contribution in [0.25, 0.3) is 11.1 Å². The van der Waals surface area contributed by atoms with Crippen molar-refractivity contribution in [2.75, 3.05) is 0 Å². The summed E-state index contributed by atoms with van der Waals surface area (Å²) >= 11 is 0. The molecule has 0 N–H and O–H groups in total. The number of benzene rings is 9. The number of aryl methyl sites for hydroxylation is 9. The number of hydrogen-bond donors (Lipinski definition) is 0. The van der Waals surface area contributed by atoms with Crippen molar-refractivity contribution >= 4 is 11.1 Å². The Morgan fingerprint density at radius 2 is 0.674 bits per heavy atom. The first-order valence-electron chi connectivity index (χ1n) is 31.1. The summed E-state index contributed by atoms with van der Waals surface area (Å²) < 4.78 is 6.67. The molecule has 89 heavy (non-hydrogen) atoms. The summed E-state index contributed by atoms with van der Waals surface area (Å²) in [5.74, 6) is 0.542. The topological polar surface area (TPSA) is 53.5 Å². The Morgan fingerprint density at radius 3 is 1.07 bits per heavy atom. The molecule has 12 aromatic rings. The lowest BCUT2D eigenvalue weighted by atomic mass is 9.83. The molecule has 0 radical (unpaired) electrons. The van der Waals surface area contributed by atoms with Gasteiger partial charge in [-0.05, 0) is 129 Å². The Morgan fingerprint density at radius 1 is 0.326 bits per heavy atom. The van der Waals surface area contributed by atoms with Crippen molar-refractivity contribution in [3.05, 3.63) is 387 Å². The monoisotopic (exact) mass is 1160 g/mol. The summed E-state index contributed by atoms with van der Waals surface area (Å²) in [7, 11) is 0. The zero-order valence-electron chi connectivity index (χ0n) is 53.2. The standard InChI is InChI=1S/C29H32N2.2C27H26N2/c1-21-12-22(2)15-26(14-21)29(27-16-23(3)13-24(4)17-27)11-10-28-18-30-20-31(28)19-25-8-6-5-7-9-25;1-20-9-7-13-24(15-20)27(25-14-8-10-21(2)16-25)22(3)26-17-28-19-29(26)18-23-11-5-4-6-12-23;1-20-9-13-24(14-10-20)27(25-15-11-21(2)12-16-25)22(3)26-17-28-19-29(26)18-23-7-5-4-6-8-23/h5-9,12-18,20,29H,10-11,19H2,1-4H3;2*4-17,19,27H,3,18H2,1-2H3. The first kappa shape index (κ1) is 62.2. The van der Waals surface area contributed by atoms with Crippen molar-refractivity contribution in [2.24, 2.45) is 0 Å². The first-order chi connectivity index (χ1) is 43.2. The molecule has 3 aromatic heterocycles. The van der Waals surface area contributed by atoms with E-state index in [0.29, 0.717) is 5.92 Å². The lowest BCUT2D eigenvalue weighted by molar-refractivity contribution is 0.661. The molecule has 446 valence electrons. The van der Waals surface area contributed by atoms with Crippen LogP contribution < -0.4 is 0 Å². The van der Waals surface area contributed by atoms with Gasteiger partial charge in [-0.25, -0.2) is 15.0 Å². The predicted octanol–water partition coefficient (Wildman–Crippen LogP) is 19.7. The molecule has 0 atom stereocenters. The Hall–Kier alpha value is -9.91. The van der Waals surface area contributed by atoms with Crippen LogP contribution in [0.2, 0.25) is 0 Å². The molecule has 3 heterocycles. The fraction of sp³-hybridized carbons (Fsp3) is 0.193. The first-order valence-corrected chi connectivity index (χ1v) is 31.1. The van der Waals surface area contributed by atoms with Crippen LogP contribution in [-0.2, 0) is 26.1 Å². The van der Waals surface area contributed by atoms with Crippen LogP contribution in [-0.4, -0.2) is 28.7 Å². The van der Waals surface area contributed by atoms with Gasteiger partial charge in [0, 0.05) is 49.3 Å². The van der Waals surface area contributed by atoms with Gasteiger partial charge < -0.3 is 13.7 Å². The fourth-order valence-electron chi connectivity index (χ4n) is 12.4. The zero-order valence-corrected chi connectivity index (χ0v) is 53.2. The summed E-state index contributed by atoms with van der Waals surface area (Å²) in [5, 5.41) is 0. The number of nitrogens with zero attached hydrogens (tertiary/aromatic N) is 6. The Labute approximate surface area is 529 Å². The molecule has 6 nitrogen and oxygen atoms in total. The molecule has 0 aliphatic carbocycles. The molecule has 0 fully saturated rings. The maximum atomic E-state index is 4.55. The van der Waals surface area contributed by atoms with E-state index in [4.69, 9.17) is 0 Å². The molecule has 0 saturated carbocycles. The predicted molar refractivity (Wildman–Crippen MR) is 372 cm³/mol. The maximum absolute atomic E-state index is 4.55. The number of imidazole rings is 3. The molecule has 0 amide bonds. The third-order valence-corrected chi connectivity index (χ3v) is 16.7. The summed E-state index contributed by atoms with van der Waals surface area (Å²) in [6, 6.07) is 80.5. The normalized spacial score (nSPS) is 11.1. The van der Waals surface area contributed by atoms with E-state index in [9.17, 15) is 0 Å². The second-order valence-corrected chi connectivity index (χ2v) is 24.3. The zero-order chi connectivity index (χ0) is 62.2. The van der Waals surface area contributed by atoms with Crippen LogP contribution in [0.4, 0.5) is 0 Å². The van der Waals surface area contributed by atoms with Crippen LogP contribution in [0.3, 0.4) is 0 Å². The summed E-state index contributed by atoms with van der Waals surface area (Å²) in [5.41, 5.74) is 27.6. The van der Waals surface area contributed by atoms with E-state index in [1.165, 1.54) is 100 Å². The van der Waals surface area contributed by atoms with E-state index in [0.717, 1.165) is 55.0 Å². The van der Waals surface area contributed by atoms with Crippen molar-refractivity contribution in [2.45, 2.75) is 106 Å². The van der Waals surface area contributed by atoms with Gasteiger partial charge in [0.1, 0.15) is 0 Å². The molecule has 0 bridgehead atoms. The van der Waals surface area contributed by atoms with Crippen LogP contribution in [0.15, 0.2) is 275 Å². The Kier molecular flexibility index (Phi) is 20.7. The van der Waals surface area contributed by atoms with Crippen LogP contribution in [0.5, 0.6) is 0 Å². The van der Waals surface area contributed by atoms with Crippen molar-refractivity contribution in [3.8, 4) is 0 Å². The van der Waals surface area contributed by atoms with Gasteiger partial charge in [0.15, 0.2) is 0 Å². The van der Waals surface area contributed by atoms with E-state index in [-0.39, 0.29) is 11.8 Å². The minimum absolute atomic E-state index is 0.0843. The molecule has 0 aliphatic heterocycles. The molecular weight excluding hydrogens is 1080 g/mol. The van der Waals surface area contributed by atoms with Gasteiger partial charge in [-0.2, -0.15) is 0 Å². The average molecular weight is 1170 g/mol. The Bertz CT molecular complexity index is 4060. The van der Waals surface area contributed by atoms with Gasteiger partial charge in [0.05, 0.1) is 42.8 Å². The van der Waals surface area contributed by atoms with Gasteiger partial charge in [-0.1, -0.05) is 282 Å². The second kappa shape index (κ2) is 29.7. The minimum atomic E-state index is 0.0843. The molecule has 6 heteroatoms. The van der Waals surface area contributed by atoms with Crippen LogP contribution in [0, 0.1) is 55.4 Å². The Balaban J connectivity index is 0.000000147. The van der Waals surface area contributed by atoms with E-state index >= 15 is 0 Å². The number of hydrogen-bond acceptors (Lipinski definition) is 3. The maximum Gasteiger partial charge on any atom is 0.0954 e. The van der Waals surface area contributed by atoms with Crippen LogP contribution >= 0.6 is 0 Å². The summed E-state index contributed by atoms with van der Waals surface area (Å²) in [6.45, 7) is 28.8. The van der Waals surface area contributed by atoms with E-state index in [1.807, 2.05) is 49.7 Å². The highest BCUT2D eigenvalue weighted by Crippen LogP contribution is 2.39. The molecule has 0 aliphatic rings. The molecular formula is C83H84N6. The highest BCUT2D eigenvalue weighted by molar-refractivity contribution is 5.73. The SMILES string of the molecule is C=C(c1cncn1Cc1ccccc1)C(c1ccc(C)cc1)c1ccc(C)cc1.C=C(c1cncn1Cc1ccccc1)C(c1cccc(C)c1)c1cccc(C)c1.Cc1cc(C)cc(C(CCc2cncn2Cc2ccccc2)c2cc(C)cc(C)c2)c1. The molecule has 9 aromatic carbocycles. The van der Waals surface area contributed by atoms with Gasteiger partial charge >= 0.3 is 0 Å².